The maximum Gasteiger partial charge on any atom is 0.101 e. The van der Waals surface area contributed by atoms with E-state index in [4.69, 9.17) is 9.47 Å². The van der Waals surface area contributed by atoms with E-state index in [-0.39, 0.29) is 12.2 Å². The Morgan fingerprint density at radius 3 is 2.80 bits per heavy atom. The Hall–Kier alpha value is -0.160. The van der Waals surface area contributed by atoms with E-state index in [0.29, 0.717) is 13.2 Å². The Bertz CT molecular complexity index is 158. The van der Waals surface area contributed by atoms with Crippen molar-refractivity contribution >= 4 is 0 Å². The first-order chi connectivity index (χ1) is 7.18. The quantitative estimate of drug-likeness (QED) is 0.682. The van der Waals surface area contributed by atoms with E-state index in [1.54, 1.807) is 0 Å². The van der Waals surface area contributed by atoms with Gasteiger partial charge in [0, 0.05) is 6.54 Å². The number of hydrogen-bond acceptors (Lipinski definition) is 4. The van der Waals surface area contributed by atoms with Gasteiger partial charge in [0.25, 0.3) is 0 Å². The van der Waals surface area contributed by atoms with Gasteiger partial charge < -0.3 is 19.9 Å². The molecule has 2 N–H and O–H groups in total. The van der Waals surface area contributed by atoms with E-state index in [1.807, 2.05) is 13.8 Å². The summed E-state index contributed by atoms with van der Waals surface area (Å²) < 4.78 is 10.9. The lowest BCUT2D eigenvalue weighted by Crippen LogP contribution is -2.37. The minimum atomic E-state index is -0.505. The molecule has 4 nitrogen and oxygen atoms in total. The van der Waals surface area contributed by atoms with Gasteiger partial charge >= 0.3 is 0 Å². The number of rotatable bonds is 6. The first kappa shape index (κ1) is 12.9. The Kier molecular flexibility index (Phi) is 6.17. The minimum absolute atomic E-state index is 0.163. The molecule has 0 radical (unpaired) electrons. The van der Waals surface area contributed by atoms with Crippen LogP contribution in [0.15, 0.2) is 0 Å². The van der Waals surface area contributed by atoms with Crippen molar-refractivity contribution in [2.45, 2.75) is 45.0 Å². The number of nitrogens with one attached hydrogen (secondary N) is 1. The van der Waals surface area contributed by atoms with Gasteiger partial charge in [-0.2, -0.15) is 0 Å². The fourth-order valence-electron chi connectivity index (χ4n) is 1.56. The summed E-state index contributed by atoms with van der Waals surface area (Å²) in [6, 6.07) is 0. The molecule has 1 rings (SSSR count). The molecule has 0 spiro atoms. The zero-order valence-corrected chi connectivity index (χ0v) is 9.74. The molecule has 90 valence electrons. The van der Waals surface area contributed by atoms with Crippen molar-refractivity contribution in [3.05, 3.63) is 0 Å². The molecule has 1 saturated heterocycles. The predicted molar refractivity (Wildman–Crippen MR) is 58.9 cm³/mol. The highest BCUT2D eigenvalue weighted by molar-refractivity contribution is 4.69. The first-order valence-electron chi connectivity index (χ1n) is 5.80. The summed E-state index contributed by atoms with van der Waals surface area (Å²) in [6.07, 6.45) is 2.16. The van der Waals surface area contributed by atoms with Gasteiger partial charge in [-0.15, -0.1) is 0 Å². The predicted octanol–water partition coefficient (Wildman–Crippen LogP) is 0.541. The molecule has 0 saturated carbocycles. The van der Waals surface area contributed by atoms with Crippen LogP contribution in [-0.4, -0.2) is 49.7 Å². The summed E-state index contributed by atoms with van der Waals surface area (Å²) >= 11 is 0. The largest absolute Gasteiger partial charge is 0.388 e. The van der Waals surface area contributed by atoms with E-state index >= 15 is 0 Å². The van der Waals surface area contributed by atoms with Crippen LogP contribution < -0.4 is 5.32 Å². The van der Waals surface area contributed by atoms with Gasteiger partial charge in [-0.3, -0.25) is 0 Å². The lowest BCUT2D eigenvalue weighted by Gasteiger charge is -2.24. The lowest BCUT2D eigenvalue weighted by atomic mass is 10.1. The van der Waals surface area contributed by atoms with E-state index < -0.39 is 6.10 Å². The van der Waals surface area contributed by atoms with Gasteiger partial charge in [-0.05, 0) is 33.2 Å². The number of aliphatic hydroxyl groups excluding tert-OH is 1. The highest BCUT2D eigenvalue weighted by Crippen LogP contribution is 2.06. The van der Waals surface area contributed by atoms with Crippen LogP contribution in [-0.2, 0) is 9.47 Å². The topological polar surface area (TPSA) is 50.7 Å². The monoisotopic (exact) mass is 217 g/mol. The third-order valence-electron chi connectivity index (χ3n) is 2.40. The van der Waals surface area contributed by atoms with Crippen LogP contribution in [0, 0.1) is 0 Å². The molecular formula is C11H23NO3. The molecule has 1 aliphatic heterocycles. The van der Waals surface area contributed by atoms with Crippen molar-refractivity contribution in [2.75, 3.05) is 26.3 Å². The molecule has 0 aromatic heterocycles. The van der Waals surface area contributed by atoms with Crippen molar-refractivity contribution in [2.24, 2.45) is 0 Å². The number of aliphatic hydroxyl groups is 1. The van der Waals surface area contributed by atoms with Crippen molar-refractivity contribution < 1.29 is 14.6 Å². The van der Waals surface area contributed by atoms with Crippen molar-refractivity contribution in [1.29, 1.82) is 0 Å². The third-order valence-corrected chi connectivity index (χ3v) is 2.40. The van der Waals surface area contributed by atoms with Gasteiger partial charge in [-0.25, -0.2) is 0 Å². The molecule has 0 amide bonds. The first-order valence-corrected chi connectivity index (χ1v) is 5.80. The fraction of sp³-hybridized carbons (Fsp3) is 1.00. The van der Waals surface area contributed by atoms with E-state index in [2.05, 4.69) is 5.32 Å². The van der Waals surface area contributed by atoms with E-state index in [0.717, 1.165) is 25.9 Å². The Morgan fingerprint density at radius 2 is 2.20 bits per heavy atom. The van der Waals surface area contributed by atoms with Crippen LogP contribution in [0.1, 0.15) is 26.7 Å². The molecule has 0 bridgehead atoms. The van der Waals surface area contributed by atoms with Crippen LogP contribution in [0.4, 0.5) is 0 Å². The smallest absolute Gasteiger partial charge is 0.101 e. The van der Waals surface area contributed by atoms with E-state index in [9.17, 15) is 5.11 Å². The molecule has 1 fully saturated rings. The molecule has 0 aromatic rings. The zero-order chi connectivity index (χ0) is 11.1. The molecule has 0 aliphatic carbocycles. The fourth-order valence-corrected chi connectivity index (χ4v) is 1.56. The SMILES string of the molecule is CC(C)OCC(O)CO[C@H]1CCCNC1. The molecule has 15 heavy (non-hydrogen) atoms. The van der Waals surface area contributed by atoms with Gasteiger partial charge in [0.05, 0.1) is 25.4 Å². The maximum atomic E-state index is 9.56. The number of hydrogen-bond donors (Lipinski definition) is 2. The summed E-state index contributed by atoms with van der Waals surface area (Å²) in [6.45, 7) is 6.63. The van der Waals surface area contributed by atoms with Crippen molar-refractivity contribution in [3.63, 3.8) is 0 Å². The summed E-state index contributed by atoms with van der Waals surface area (Å²) in [5.74, 6) is 0. The molecule has 4 heteroatoms. The van der Waals surface area contributed by atoms with Crippen LogP contribution in [0.25, 0.3) is 0 Å². The maximum absolute atomic E-state index is 9.56. The highest BCUT2D eigenvalue weighted by atomic mass is 16.5. The van der Waals surface area contributed by atoms with Gasteiger partial charge in [0.1, 0.15) is 6.10 Å². The molecular weight excluding hydrogens is 194 g/mol. The van der Waals surface area contributed by atoms with Crippen LogP contribution in [0.3, 0.4) is 0 Å². The number of piperidine rings is 1. The summed E-state index contributed by atoms with van der Waals surface area (Å²) in [5, 5.41) is 12.8. The Morgan fingerprint density at radius 1 is 1.40 bits per heavy atom. The zero-order valence-electron chi connectivity index (χ0n) is 9.74. The normalized spacial score (nSPS) is 24.4. The van der Waals surface area contributed by atoms with Gasteiger partial charge in [0.15, 0.2) is 0 Å². The molecule has 1 aliphatic rings. The van der Waals surface area contributed by atoms with Gasteiger partial charge in [-0.1, -0.05) is 0 Å². The van der Waals surface area contributed by atoms with Gasteiger partial charge in [0.2, 0.25) is 0 Å². The molecule has 2 atom stereocenters. The summed E-state index contributed by atoms with van der Waals surface area (Å²) in [4.78, 5) is 0. The second kappa shape index (κ2) is 7.17. The lowest BCUT2D eigenvalue weighted by molar-refractivity contribution is -0.0594. The van der Waals surface area contributed by atoms with E-state index in [1.165, 1.54) is 0 Å². The van der Waals surface area contributed by atoms with Crippen LogP contribution in [0.2, 0.25) is 0 Å². The third kappa shape index (κ3) is 6.10. The minimum Gasteiger partial charge on any atom is -0.388 e. The van der Waals surface area contributed by atoms with Crippen LogP contribution >= 0.6 is 0 Å². The summed E-state index contributed by atoms with van der Waals surface area (Å²) in [7, 11) is 0. The Labute approximate surface area is 92.0 Å². The molecule has 0 aromatic carbocycles. The average molecular weight is 217 g/mol. The van der Waals surface area contributed by atoms with Crippen molar-refractivity contribution in [3.8, 4) is 0 Å². The average Bonchev–Trinajstić information content (AvgIpc) is 2.25. The highest BCUT2D eigenvalue weighted by Gasteiger charge is 2.15. The summed E-state index contributed by atoms with van der Waals surface area (Å²) in [5.41, 5.74) is 0. The number of ether oxygens (including phenoxy) is 2. The second-order valence-corrected chi connectivity index (χ2v) is 4.34. The second-order valence-electron chi connectivity index (χ2n) is 4.34. The van der Waals surface area contributed by atoms with Crippen LogP contribution in [0.5, 0.6) is 0 Å². The molecule has 1 unspecified atom stereocenters. The van der Waals surface area contributed by atoms with Crippen molar-refractivity contribution in [1.82, 2.24) is 5.32 Å². The molecule has 1 heterocycles. The Balaban J connectivity index is 2.02. The standard InChI is InChI=1S/C11H23NO3/c1-9(2)14-7-10(13)8-15-11-4-3-5-12-6-11/h9-13H,3-8H2,1-2H3/t10?,11-/m0/s1.